The highest BCUT2D eigenvalue weighted by molar-refractivity contribution is 5.83. The summed E-state index contributed by atoms with van der Waals surface area (Å²) in [6.45, 7) is 8.82. The van der Waals surface area contributed by atoms with Gasteiger partial charge >= 0.3 is 5.97 Å². The lowest BCUT2D eigenvalue weighted by Gasteiger charge is -2.39. The molecule has 0 aliphatic heterocycles. The zero-order chi connectivity index (χ0) is 20.1. The summed E-state index contributed by atoms with van der Waals surface area (Å²) in [5, 5.41) is 0. The van der Waals surface area contributed by atoms with E-state index in [2.05, 4.69) is 32.9 Å². The second-order valence-corrected chi connectivity index (χ2v) is 9.13. The summed E-state index contributed by atoms with van der Waals surface area (Å²) in [5.41, 5.74) is 1.49. The van der Waals surface area contributed by atoms with E-state index in [4.69, 9.17) is 4.74 Å². The number of hydrogen-bond acceptors (Lipinski definition) is 2. The molecule has 2 aromatic rings. The topological polar surface area (TPSA) is 26.3 Å². The molecule has 3 rings (SSSR count). The fraction of sp³-hybridized carbons (Fsp3) is 0.500. The van der Waals surface area contributed by atoms with E-state index in [9.17, 15) is 4.79 Å². The van der Waals surface area contributed by atoms with Gasteiger partial charge < -0.3 is 4.74 Å². The van der Waals surface area contributed by atoms with Crippen LogP contribution in [0.5, 0.6) is 0 Å². The number of rotatable bonds is 6. The van der Waals surface area contributed by atoms with Crippen LogP contribution in [0.4, 0.5) is 0 Å². The Hall–Kier alpha value is -2.09. The molecule has 2 aromatic carbocycles. The molecule has 0 saturated heterocycles. The van der Waals surface area contributed by atoms with Gasteiger partial charge in [0, 0.05) is 0 Å². The number of benzene rings is 2. The summed E-state index contributed by atoms with van der Waals surface area (Å²) in [5.74, 6) is 1.51. The summed E-state index contributed by atoms with van der Waals surface area (Å²) >= 11 is 0. The number of esters is 1. The normalized spacial score (nSPS) is 24.5. The molecular weight excluding hydrogens is 344 g/mol. The third-order valence-corrected chi connectivity index (χ3v) is 6.48. The van der Waals surface area contributed by atoms with Crippen molar-refractivity contribution in [3.8, 4) is 0 Å². The zero-order valence-electron chi connectivity index (χ0n) is 17.7. The third-order valence-electron chi connectivity index (χ3n) is 6.48. The van der Waals surface area contributed by atoms with Crippen LogP contribution in [0.3, 0.4) is 0 Å². The first-order valence-electron chi connectivity index (χ1n) is 10.7. The van der Waals surface area contributed by atoms with Crippen LogP contribution in [0.2, 0.25) is 0 Å². The van der Waals surface area contributed by atoms with E-state index < -0.39 is 5.41 Å². The van der Waals surface area contributed by atoms with Crippen molar-refractivity contribution in [2.75, 3.05) is 0 Å². The van der Waals surface area contributed by atoms with Gasteiger partial charge in [0.15, 0.2) is 0 Å². The molecule has 0 N–H and O–H groups in total. The Morgan fingerprint density at radius 3 is 2.25 bits per heavy atom. The zero-order valence-corrected chi connectivity index (χ0v) is 17.7. The molecule has 2 nitrogen and oxygen atoms in total. The summed E-state index contributed by atoms with van der Waals surface area (Å²) in [4.78, 5) is 13.6. The molecule has 4 atom stereocenters. The van der Waals surface area contributed by atoms with Crippen molar-refractivity contribution in [3.05, 3.63) is 71.8 Å². The molecule has 28 heavy (non-hydrogen) atoms. The van der Waals surface area contributed by atoms with Gasteiger partial charge in [-0.25, -0.2) is 0 Å². The maximum Gasteiger partial charge on any atom is 0.316 e. The molecule has 1 aliphatic carbocycles. The van der Waals surface area contributed by atoms with Gasteiger partial charge in [0.25, 0.3) is 0 Å². The number of hydrogen-bond donors (Lipinski definition) is 0. The molecule has 2 heteroatoms. The monoisotopic (exact) mass is 378 g/mol. The summed E-state index contributed by atoms with van der Waals surface area (Å²) in [6, 6.07) is 20.4. The number of ether oxygens (including phenoxy) is 1. The minimum absolute atomic E-state index is 0.0232. The predicted molar refractivity (Wildman–Crippen MR) is 115 cm³/mol. The van der Waals surface area contributed by atoms with E-state index in [0.717, 1.165) is 24.0 Å². The summed E-state index contributed by atoms with van der Waals surface area (Å²) in [6.07, 6.45) is 4.03. The van der Waals surface area contributed by atoms with E-state index in [-0.39, 0.29) is 12.1 Å². The fourth-order valence-corrected chi connectivity index (χ4v) is 4.62. The minimum Gasteiger partial charge on any atom is -0.461 e. The molecule has 1 aliphatic rings. The van der Waals surface area contributed by atoms with Gasteiger partial charge in [-0.15, -0.1) is 0 Å². The van der Waals surface area contributed by atoms with Gasteiger partial charge in [0.2, 0.25) is 0 Å². The standard InChI is InChI=1S/C26H34O2/c1-19(2)23-16-15-20(3)17-24(23)28-25(27)26(4,22-13-9-6-10-14-22)18-21-11-7-5-8-12-21/h5-14,19-20,23-24H,15-18H2,1-4H3/t20-,23+,24-,26-/m1/s1. The summed E-state index contributed by atoms with van der Waals surface area (Å²) < 4.78 is 6.29. The largest absolute Gasteiger partial charge is 0.461 e. The average molecular weight is 379 g/mol. The highest BCUT2D eigenvalue weighted by Crippen LogP contribution is 2.38. The summed E-state index contributed by atoms with van der Waals surface area (Å²) in [7, 11) is 0. The quantitative estimate of drug-likeness (QED) is 0.560. The second-order valence-electron chi connectivity index (χ2n) is 9.13. The third kappa shape index (κ3) is 4.66. The Labute approximate surface area is 170 Å². The van der Waals surface area contributed by atoms with Crippen molar-refractivity contribution in [3.63, 3.8) is 0 Å². The van der Waals surface area contributed by atoms with Crippen LogP contribution in [-0.2, 0) is 21.4 Å². The average Bonchev–Trinajstić information content (AvgIpc) is 2.69. The Morgan fingerprint density at radius 1 is 1.04 bits per heavy atom. The molecule has 0 heterocycles. The molecule has 150 valence electrons. The SMILES string of the molecule is CC(C)[C@@H]1CC[C@@H](C)C[C@H]1OC(=O)[C@](C)(Cc1ccccc1)c1ccccc1. The Morgan fingerprint density at radius 2 is 1.64 bits per heavy atom. The molecule has 0 unspecified atom stereocenters. The molecule has 0 radical (unpaired) electrons. The van der Waals surface area contributed by atoms with Crippen LogP contribution in [-0.4, -0.2) is 12.1 Å². The smallest absolute Gasteiger partial charge is 0.316 e. The van der Waals surface area contributed by atoms with Crippen LogP contribution in [0.15, 0.2) is 60.7 Å². The van der Waals surface area contributed by atoms with Gasteiger partial charge in [-0.1, -0.05) is 87.9 Å². The van der Waals surface area contributed by atoms with Crippen molar-refractivity contribution in [2.24, 2.45) is 17.8 Å². The highest BCUT2D eigenvalue weighted by atomic mass is 16.5. The molecule has 1 saturated carbocycles. The first kappa shape index (κ1) is 20.6. The van der Waals surface area contributed by atoms with E-state index in [0.29, 0.717) is 24.2 Å². The van der Waals surface area contributed by atoms with Crippen LogP contribution in [0.25, 0.3) is 0 Å². The van der Waals surface area contributed by atoms with Crippen molar-refractivity contribution >= 4 is 5.97 Å². The van der Waals surface area contributed by atoms with Gasteiger partial charge in [-0.2, -0.15) is 0 Å². The Balaban J connectivity index is 1.88. The highest BCUT2D eigenvalue weighted by Gasteiger charge is 2.41. The lowest BCUT2D eigenvalue weighted by molar-refractivity contribution is -0.162. The molecule has 1 fully saturated rings. The molecular formula is C26H34O2. The number of carbonyl (C=O) groups is 1. The minimum atomic E-state index is -0.690. The van der Waals surface area contributed by atoms with Crippen LogP contribution in [0, 0.1) is 17.8 Å². The first-order valence-corrected chi connectivity index (χ1v) is 10.7. The predicted octanol–water partition coefficient (Wildman–Crippen LogP) is 6.19. The van der Waals surface area contributed by atoms with Gasteiger partial charge in [-0.05, 0) is 55.1 Å². The first-order chi connectivity index (χ1) is 13.4. The molecule has 0 amide bonds. The maximum absolute atomic E-state index is 13.6. The molecule has 0 bridgehead atoms. The van der Waals surface area contributed by atoms with E-state index >= 15 is 0 Å². The van der Waals surface area contributed by atoms with Gasteiger partial charge in [-0.3, -0.25) is 4.79 Å². The van der Waals surface area contributed by atoms with Crippen molar-refractivity contribution in [2.45, 2.75) is 64.9 Å². The Bertz CT molecular complexity index is 753. The maximum atomic E-state index is 13.6. The Kier molecular flexibility index (Phi) is 6.59. The van der Waals surface area contributed by atoms with E-state index in [1.54, 1.807) is 0 Å². The van der Waals surface area contributed by atoms with E-state index in [1.807, 2.05) is 55.5 Å². The number of carbonyl (C=O) groups excluding carboxylic acids is 1. The van der Waals surface area contributed by atoms with Gasteiger partial charge in [0.1, 0.15) is 6.10 Å². The van der Waals surface area contributed by atoms with Crippen LogP contribution >= 0.6 is 0 Å². The van der Waals surface area contributed by atoms with E-state index in [1.165, 1.54) is 6.42 Å². The van der Waals surface area contributed by atoms with Crippen molar-refractivity contribution in [1.82, 2.24) is 0 Å². The van der Waals surface area contributed by atoms with Gasteiger partial charge in [0.05, 0.1) is 5.41 Å². The van der Waals surface area contributed by atoms with Crippen molar-refractivity contribution in [1.29, 1.82) is 0 Å². The van der Waals surface area contributed by atoms with Crippen LogP contribution < -0.4 is 0 Å². The van der Waals surface area contributed by atoms with Crippen LogP contribution in [0.1, 0.15) is 58.1 Å². The lowest BCUT2D eigenvalue weighted by atomic mass is 9.74. The fourth-order valence-electron chi connectivity index (χ4n) is 4.62. The second kappa shape index (κ2) is 8.94. The molecule has 0 aromatic heterocycles. The van der Waals surface area contributed by atoms with Crippen molar-refractivity contribution < 1.29 is 9.53 Å². The molecule has 0 spiro atoms. The lowest BCUT2D eigenvalue weighted by Crippen LogP contribution is -2.43.